The Morgan fingerprint density at radius 3 is 2.83 bits per heavy atom. The summed E-state index contributed by atoms with van der Waals surface area (Å²) >= 11 is 5.84. The molecule has 0 saturated heterocycles. The van der Waals surface area contributed by atoms with Gasteiger partial charge in [0.1, 0.15) is 11.6 Å². The number of halogens is 2. The van der Waals surface area contributed by atoms with Crippen LogP contribution in [0.5, 0.6) is 0 Å². The predicted octanol–water partition coefficient (Wildman–Crippen LogP) is 3.93. The van der Waals surface area contributed by atoms with Crippen LogP contribution in [0.4, 0.5) is 4.39 Å². The topological polar surface area (TPSA) is 17.8 Å². The largest absolute Gasteiger partial charge is 0.324 e. The molecule has 3 rings (SSSR count). The van der Waals surface area contributed by atoms with E-state index in [4.69, 9.17) is 11.6 Å². The molecule has 1 atom stereocenters. The van der Waals surface area contributed by atoms with Gasteiger partial charge in [-0.15, -0.1) is 11.6 Å². The summed E-state index contributed by atoms with van der Waals surface area (Å²) in [6.07, 6.45) is 1.84. The van der Waals surface area contributed by atoms with Crippen molar-refractivity contribution in [1.82, 2.24) is 9.55 Å². The van der Waals surface area contributed by atoms with Crippen molar-refractivity contribution in [3.63, 3.8) is 0 Å². The zero-order chi connectivity index (χ0) is 12.9. The molecule has 1 fully saturated rings. The number of hydrogen-bond acceptors (Lipinski definition) is 1. The molecule has 2 aromatic rings. The number of aromatic nitrogens is 2. The van der Waals surface area contributed by atoms with Crippen LogP contribution in [0.25, 0.3) is 11.0 Å². The van der Waals surface area contributed by atoms with Gasteiger partial charge in [0, 0.05) is 18.3 Å². The molecular formula is C14H16ClFN2. The van der Waals surface area contributed by atoms with E-state index >= 15 is 0 Å². The number of fused-ring (bicyclic) bond motifs is 1. The Balaban J connectivity index is 2.18. The second kappa shape index (κ2) is 3.95. The molecule has 0 bridgehead atoms. The van der Waals surface area contributed by atoms with Crippen LogP contribution >= 0.6 is 11.6 Å². The van der Waals surface area contributed by atoms with E-state index < -0.39 is 0 Å². The number of benzene rings is 1. The lowest BCUT2D eigenvalue weighted by Crippen LogP contribution is -2.06. The molecular weight excluding hydrogens is 251 g/mol. The summed E-state index contributed by atoms with van der Waals surface area (Å²) in [7, 11) is 0. The normalized spacial score (nSPS) is 21.4. The number of aryl methyl sites for hydroxylation is 1. The molecule has 0 radical (unpaired) electrons. The molecule has 1 aromatic heterocycles. The Labute approximate surface area is 111 Å². The minimum atomic E-state index is -0.209. The molecule has 1 aliphatic carbocycles. The van der Waals surface area contributed by atoms with Gasteiger partial charge < -0.3 is 4.57 Å². The number of nitrogens with zero attached hydrogens (tertiary/aromatic N) is 2. The van der Waals surface area contributed by atoms with E-state index in [1.165, 1.54) is 6.07 Å². The zero-order valence-electron chi connectivity index (χ0n) is 10.6. The third-order valence-electron chi connectivity index (χ3n) is 3.82. The van der Waals surface area contributed by atoms with Crippen molar-refractivity contribution in [2.45, 2.75) is 32.7 Å². The van der Waals surface area contributed by atoms with Crippen LogP contribution < -0.4 is 0 Å². The monoisotopic (exact) mass is 266 g/mol. The fourth-order valence-corrected chi connectivity index (χ4v) is 2.77. The second-order valence-corrected chi connectivity index (χ2v) is 6.06. The molecule has 0 aliphatic heterocycles. The third kappa shape index (κ3) is 1.81. The quantitative estimate of drug-likeness (QED) is 0.770. The smallest absolute Gasteiger partial charge is 0.125 e. The van der Waals surface area contributed by atoms with Gasteiger partial charge >= 0.3 is 0 Å². The van der Waals surface area contributed by atoms with Gasteiger partial charge in [0.05, 0.1) is 11.0 Å². The van der Waals surface area contributed by atoms with E-state index in [9.17, 15) is 4.39 Å². The maximum atomic E-state index is 13.4. The first-order chi connectivity index (χ1) is 8.53. The summed E-state index contributed by atoms with van der Waals surface area (Å²) in [6.45, 7) is 4.46. The Bertz CT molecular complexity index is 603. The van der Waals surface area contributed by atoms with Gasteiger partial charge in [0.15, 0.2) is 0 Å². The molecule has 2 nitrogen and oxygen atoms in total. The third-order valence-corrected chi connectivity index (χ3v) is 4.00. The maximum absolute atomic E-state index is 13.4. The lowest BCUT2D eigenvalue weighted by Gasteiger charge is -2.10. The summed E-state index contributed by atoms with van der Waals surface area (Å²) in [4.78, 5) is 4.58. The first-order valence-corrected chi connectivity index (χ1v) is 6.79. The highest BCUT2D eigenvalue weighted by atomic mass is 35.5. The SMILES string of the molecule is CC1(C)CC1n1c(CCCl)nc2ccc(F)cc21. The molecule has 1 saturated carbocycles. The van der Waals surface area contributed by atoms with Crippen LogP contribution in [0.3, 0.4) is 0 Å². The molecule has 0 amide bonds. The Kier molecular flexibility index (Phi) is 2.63. The highest BCUT2D eigenvalue weighted by molar-refractivity contribution is 6.17. The van der Waals surface area contributed by atoms with Crippen molar-refractivity contribution in [3.05, 3.63) is 29.8 Å². The highest BCUT2D eigenvalue weighted by Gasteiger charge is 2.48. The first kappa shape index (κ1) is 12.0. The van der Waals surface area contributed by atoms with Gasteiger partial charge in [0.2, 0.25) is 0 Å². The lowest BCUT2D eigenvalue weighted by molar-refractivity contribution is 0.536. The molecule has 96 valence electrons. The van der Waals surface area contributed by atoms with E-state index in [2.05, 4.69) is 23.4 Å². The van der Waals surface area contributed by atoms with Crippen molar-refractivity contribution in [1.29, 1.82) is 0 Å². The molecule has 4 heteroatoms. The van der Waals surface area contributed by atoms with Crippen molar-refractivity contribution >= 4 is 22.6 Å². The molecule has 1 aliphatic rings. The molecule has 1 unspecified atom stereocenters. The van der Waals surface area contributed by atoms with Crippen LogP contribution in [0.2, 0.25) is 0 Å². The van der Waals surface area contributed by atoms with Crippen molar-refractivity contribution in [2.75, 3.05) is 5.88 Å². The molecule has 0 spiro atoms. The summed E-state index contributed by atoms with van der Waals surface area (Å²) in [6, 6.07) is 5.20. The summed E-state index contributed by atoms with van der Waals surface area (Å²) in [5.41, 5.74) is 2.03. The van der Waals surface area contributed by atoms with Crippen LogP contribution in [-0.2, 0) is 6.42 Å². The maximum Gasteiger partial charge on any atom is 0.125 e. The minimum absolute atomic E-state index is 0.209. The number of imidazole rings is 1. The van der Waals surface area contributed by atoms with E-state index in [1.54, 1.807) is 12.1 Å². The Hall–Kier alpha value is -1.09. The second-order valence-electron chi connectivity index (χ2n) is 5.68. The average molecular weight is 267 g/mol. The molecule has 0 N–H and O–H groups in total. The Morgan fingerprint density at radius 2 is 2.22 bits per heavy atom. The van der Waals surface area contributed by atoms with E-state index in [0.29, 0.717) is 11.9 Å². The number of rotatable bonds is 3. The fraction of sp³-hybridized carbons (Fsp3) is 0.500. The van der Waals surface area contributed by atoms with Gasteiger partial charge in [-0.25, -0.2) is 9.37 Å². The van der Waals surface area contributed by atoms with Gasteiger partial charge in [0.25, 0.3) is 0 Å². The van der Waals surface area contributed by atoms with Gasteiger partial charge in [-0.1, -0.05) is 13.8 Å². The minimum Gasteiger partial charge on any atom is -0.324 e. The summed E-state index contributed by atoms with van der Waals surface area (Å²) in [5, 5.41) is 0. The van der Waals surface area contributed by atoms with Gasteiger partial charge in [-0.3, -0.25) is 0 Å². The van der Waals surface area contributed by atoms with Crippen LogP contribution in [0.15, 0.2) is 18.2 Å². The van der Waals surface area contributed by atoms with Crippen LogP contribution in [-0.4, -0.2) is 15.4 Å². The van der Waals surface area contributed by atoms with Crippen LogP contribution in [0.1, 0.15) is 32.1 Å². The summed E-state index contributed by atoms with van der Waals surface area (Å²) in [5.74, 6) is 1.31. The zero-order valence-corrected chi connectivity index (χ0v) is 11.3. The van der Waals surface area contributed by atoms with Crippen molar-refractivity contribution < 1.29 is 4.39 Å². The number of alkyl halides is 1. The standard InChI is InChI=1S/C14H16ClFN2/c1-14(2)8-12(14)18-11-7-9(16)3-4-10(11)17-13(18)5-6-15/h3-4,7,12H,5-6,8H2,1-2H3. The van der Waals surface area contributed by atoms with E-state index in [0.717, 1.165) is 29.7 Å². The van der Waals surface area contributed by atoms with Crippen molar-refractivity contribution in [2.24, 2.45) is 5.41 Å². The predicted molar refractivity (Wildman–Crippen MR) is 71.6 cm³/mol. The molecule has 1 heterocycles. The van der Waals surface area contributed by atoms with E-state index in [-0.39, 0.29) is 11.2 Å². The fourth-order valence-electron chi connectivity index (χ4n) is 2.60. The highest BCUT2D eigenvalue weighted by Crippen LogP contribution is 2.56. The summed E-state index contributed by atoms with van der Waals surface area (Å²) < 4.78 is 15.6. The van der Waals surface area contributed by atoms with Crippen LogP contribution in [0, 0.1) is 11.2 Å². The molecule has 1 aromatic carbocycles. The van der Waals surface area contributed by atoms with Gasteiger partial charge in [-0.05, 0) is 30.0 Å². The lowest BCUT2D eigenvalue weighted by atomic mass is 10.2. The average Bonchev–Trinajstić information content (AvgIpc) is 2.78. The van der Waals surface area contributed by atoms with E-state index in [1.807, 2.05) is 0 Å². The van der Waals surface area contributed by atoms with Crippen molar-refractivity contribution in [3.8, 4) is 0 Å². The first-order valence-electron chi connectivity index (χ1n) is 6.25. The Morgan fingerprint density at radius 1 is 1.50 bits per heavy atom. The van der Waals surface area contributed by atoms with Gasteiger partial charge in [-0.2, -0.15) is 0 Å². The number of hydrogen-bond donors (Lipinski definition) is 0. The molecule has 18 heavy (non-hydrogen) atoms.